The van der Waals surface area contributed by atoms with E-state index in [1.807, 2.05) is 6.92 Å². The molecule has 0 fully saturated rings. The quantitative estimate of drug-likeness (QED) is 0.610. The monoisotopic (exact) mass is 381 g/mol. The number of rotatable bonds is 5. The molecule has 2 N–H and O–H groups in total. The lowest BCUT2D eigenvalue weighted by Crippen LogP contribution is -2.32. The normalized spacial score (nSPS) is 11.0. The van der Waals surface area contributed by atoms with Crippen molar-refractivity contribution in [3.63, 3.8) is 0 Å². The molecule has 0 aliphatic carbocycles. The summed E-state index contributed by atoms with van der Waals surface area (Å²) in [6, 6.07) is 7.29. The highest BCUT2D eigenvalue weighted by Gasteiger charge is 2.38. The van der Waals surface area contributed by atoms with Gasteiger partial charge in [0.05, 0.1) is 12.2 Å². The molecule has 1 heterocycles. The number of carbonyl (C=O) groups excluding carboxylic acids is 2. The number of halogens is 3. The Morgan fingerprint density at radius 3 is 2.33 bits per heavy atom. The summed E-state index contributed by atoms with van der Waals surface area (Å²) in [4.78, 5) is 28.1. The van der Waals surface area contributed by atoms with E-state index in [9.17, 15) is 22.8 Å². The number of nitrogens with zero attached hydrogens (tertiary/aromatic N) is 1. The molecule has 0 bridgehead atoms. The van der Waals surface area contributed by atoms with E-state index >= 15 is 0 Å². The molecule has 0 aliphatic heterocycles. The van der Waals surface area contributed by atoms with E-state index in [0.717, 1.165) is 11.6 Å². The van der Waals surface area contributed by atoms with Crippen LogP contribution in [0.15, 0.2) is 30.3 Å². The van der Waals surface area contributed by atoms with Crippen LogP contribution in [0.5, 0.6) is 0 Å². The van der Waals surface area contributed by atoms with Gasteiger partial charge in [0.25, 0.3) is 5.91 Å². The molecular formula is C18H18F3N3O3. The summed E-state index contributed by atoms with van der Waals surface area (Å²) in [6.45, 7) is 4.55. The first-order chi connectivity index (χ1) is 12.6. The molecule has 144 valence electrons. The predicted molar refractivity (Wildman–Crippen MR) is 92.2 cm³/mol. The Kier molecular flexibility index (Phi) is 6.04. The van der Waals surface area contributed by atoms with E-state index in [2.05, 4.69) is 15.8 Å². The number of aryl methyl sites for hydroxylation is 2. The maximum atomic E-state index is 13.4. The predicted octanol–water partition coefficient (Wildman–Crippen LogP) is 3.65. The number of esters is 1. The average molecular weight is 381 g/mol. The second kappa shape index (κ2) is 8.07. The SMILES string of the molecule is CCOC(=O)c1c(C(F)(F)F)cc(C)nc1NNC(=O)c1ccc(C)cc1. The van der Waals surface area contributed by atoms with Crippen LogP contribution in [0.1, 0.15) is 44.5 Å². The molecule has 27 heavy (non-hydrogen) atoms. The van der Waals surface area contributed by atoms with Crippen molar-refractivity contribution in [1.29, 1.82) is 0 Å². The molecule has 0 aliphatic rings. The highest BCUT2D eigenvalue weighted by atomic mass is 19.4. The summed E-state index contributed by atoms with van der Waals surface area (Å²) in [5.41, 5.74) is 3.82. The third-order valence-corrected chi connectivity index (χ3v) is 3.54. The molecule has 0 saturated carbocycles. The number of aromatic nitrogens is 1. The standard InChI is InChI=1S/C18H18F3N3O3/c1-4-27-17(26)14-13(18(19,20)21)9-11(3)22-15(14)23-24-16(25)12-7-5-10(2)6-8-12/h5-9H,4H2,1-3H3,(H,22,23)(H,24,25). The fourth-order valence-electron chi connectivity index (χ4n) is 2.29. The Morgan fingerprint density at radius 2 is 1.78 bits per heavy atom. The molecule has 1 aromatic carbocycles. The van der Waals surface area contributed by atoms with Crippen molar-refractivity contribution in [3.8, 4) is 0 Å². The summed E-state index contributed by atoms with van der Waals surface area (Å²) < 4.78 is 44.8. The fourth-order valence-corrected chi connectivity index (χ4v) is 2.29. The highest BCUT2D eigenvalue weighted by molar-refractivity contribution is 5.98. The van der Waals surface area contributed by atoms with Gasteiger partial charge in [0, 0.05) is 11.3 Å². The van der Waals surface area contributed by atoms with E-state index < -0.39 is 35.0 Å². The molecule has 9 heteroatoms. The van der Waals surface area contributed by atoms with Crippen LogP contribution in [0.3, 0.4) is 0 Å². The van der Waals surface area contributed by atoms with Gasteiger partial charge in [0.2, 0.25) is 0 Å². The summed E-state index contributed by atoms with van der Waals surface area (Å²) in [5, 5.41) is 0. The number of carbonyl (C=O) groups is 2. The zero-order chi connectivity index (χ0) is 20.2. The minimum Gasteiger partial charge on any atom is -0.462 e. The highest BCUT2D eigenvalue weighted by Crippen LogP contribution is 2.35. The van der Waals surface area contributed by atoms with E-state index in [-0.39, 0.29) is 17.9 Å². The van der Waals surface area contributed by atoms with Gasteiger partial charge in [-0.25, -0.2) is 9.78 Å². The number of alkyl halides is 3. The van der Waals surface area contributed by atoms with Gasteiger partial charge in [0.1, 0.15) is 5.56 Å². The number of anilines is 1. The molecule has 1 aromatic heterocycles. The number of hydrazine groups is 1. The molecule has 0 radical (unpaired) electrons. The third-order valence-electron chi connectivity index (χ3n) is 3.54. The van der Waals surface area contributed by atoms with Gasteiger partial charge >= 0.3 is 12.1 Å². The van der Waals surface area contributed by atoms with Crippen LogP contribution in [-0.4, -0.2) is 23.5 Å². The maximum absolute atomic E-state index is 13.4. The molecule has 0 atom stereocenters. The number of ether oxygens (including phenoxy) is 1. The Hall–Kier alpha value is -3.10. The number of hydrogen-bond donors (Lipinski definition) is 2. The van der Waals surface area contributed by atoms with Crippen molar-refractivity contribution < 1.29 is 27.5 Å². The van der Waals surface area contributed by atoms with Gasteiger partial charge < -0.3 is 4.74 Å². The van der Waals surface area contributed by atoms with Crippen molar-refractivity contribution in [2.75, 3.05) is 12.0 Å². The van der Waals surface area contributed by atoms with E-state index in [4.69, 9.17) is 4.74 Å². The van der Waals surface area contributed by atoms with Crippen molar-refractivity contribution in [1.82, 2.24) is 10.4 Å². The topological polar surface area (TPSA) is 80.3 Å². The van der Waals surface area contributed by atoms with Gasteiger partial charge in [-0.1, -0.05) is 17.7 Å². The van der Waals surface area contributed by atoms with Crippen LogP contribution < -0.4 is 10.9 Å². The number of amides is 1. The van der Waals surface area contributed by atoms with Crippen LogP contribution in [0.2, 0.25) is 0 Å². The minimum atomic E-state index is -4.80. The second-order valence-corrected chi connectivity index (χ2v) is 5.70. The van der Waals surface area contributed by atoms with Crippen LogP contribution in [0.25, 0.3) is 0 Å². The summed E-state index contributed by atoms with van der Waals surface area (Å²) in [6.07, 6.45) is -4.80. The van der Waals surface area contributed by atoms with Gasteiger partial charge in [-0.2, -0.15) is 13.2 Å². The molecule has 2 rings (SSSR count). The van der Waals surface area contributed by atoms with Crippen molar-refractivity contribution in [3.05, 3.63) is 58.3 Å². The zero-order valence-electron chi connectivity index (χ0n) is 14.9. The van der Waals surface area contributed by atoms with Gasteiger partial charge in [-0.05, 0) is 39.0 Å². The third kappa shape index (κ3) is 4.96. The van der Waals surface area contributed by atoms with E-state index in [1.165, 1.54) is 13.8 Å². The second-order valence-electron chi connectivity index (χ2n) is 5.70. The lowest BCUT2D eigenvalue weighted by Gasteiger charge is -2.17. The largest absolute Gasteiger partial charge is 0.462 e. The Labute approximate surface area is 153 Å². The minimum absolute atomic E-state index is 0.0162. The number of benzene rings is 1. The van der Waals surface area contributed by atoms with Crippen LogP contribution in [0, 0.1) is 13.8 Å². The van der Waals surface area contributed by atoms with E-state index in [1.54, 1.807) is 24.3 Å². The Morgan fingerprint density at radius 1 is 1.15 bits per heavy atom. The molecular weight excluding hydrogens is 363 g/mol. The smallest absolute Gasteiger partial charge is 0.417 e. The van der Waals surface area contributed by atoms with E-state index in [0.29, 0.717) is 0 Å². The zero-order valence-corrected chi connectivity index (χ0v) is 14.9. The Balaban J connectivity index is 2.37. The van der Waals surface area contributed by atoms with Gasteiger partial charge in [-0.15, -0.1) is 0 Å². The number of nitrogens with one attached hydrogen (secondary N) is 2. The summed E-state index contributed by atoms with van der Waals surface area (Å²) in [7, 11) is 0. The first-order valence-corrected chi connectivity index (χ1v) is 8.02. The van der Waals surface area contributed by atoms with Crippen molar-refractivity contribution >= 4 is 17.7 Å². The average Bonchev–Trinajstić information content (AvgIpc) is 2.59. The summed E-state index contributed by atoms with van der Waals surface area (Å²) >= 11 is 0. The van der Waals surface area contributed by atoms with Crippen molar-refractivity contribution in [2.24, 2.45) is 0 Å². The lowest BCUT2D eigenvalue weighted by atomic mass is 10.1. The number of hydrogen-bond acceptors (Lipinski definition) is 5. The molecule has 0 spiro atoms. The molecule has 2 aromatic rings. The molecule has 0 saturated heterocycles. The first-order valence-electron chi connectivity index (χ1n) is 8.02. The van der Waals surface area contributed by atoms with Crippen LogP contribution >= 0.6 is 0 Å². The van der Waals surface area contributed by atoms with Gasteiger partial charge in [-0.3, -0.25) is 15.6 Å². The molecule has 0 unspecified atom stereocenters. The molecule has 1 amide bonds. The molecule has 6 nitrogen and oxygen atoms in total. The Bertz CT molecular complexity index is 849. The van der Waals surface area contributed by atoms with Crippen LogP contribution in [-0.2, 0) is 10.9 Å². The van der Waals surface area contributed by atoms with Crippen LogP contribution in [0.4, 0.5) is 19.0 Å². The van der Waals surface area contributed by atoms with Crippen molar-refractivity contribution in [2.45, 2.75) is 26.9 Å². The lowest BCUT2D eigenvalue weighted by molar-refractivity contribution is -0.138. The fraction of sp³-hybridized carbons (Fsp3) is 0.278. The summed E-state index contributed by atoms with van der Waals surface area (Å²) in [5.74, 6) is -2.23. The maximum Gasteiger partial charge on any atom is 0.417 e. The van der Waals surface area contributed by atoms with Gasteiger partial charge in [0.15, 0.2) is 5.82 Å². The first kappa shape index (κ1) is 20.2. The number of pyridine rings is 1.